The number of carboxylic acid groups (broad SMARTS) is 1. The molecule has 3 aromatic rings. The number of ether oxygens (including phenoxy) is 1. The zero-order chi connectivity index (χ0) is 24.6. The number of rotatable bonds is 8. The standard InChI is InChI=1S/C26H26N4O5/c1-30-22(24(32)33)12-16(29-30)14-27-23(31)13-26(10-11-26)28-25(34)35-15-21-19-8-4-2-6-17(19)18-7-3-5-9-20(18)21/h2-9,12,21H,10-11,13-15H2,1H3,(H,27,31)(H,28,34)(H,32,33). The molecule has 0 atom stereocenters. The Labute approximate surface area is 202 Å². The van der Waals surface area contributed by atoms with Crippen LogP contribution in [0.2, 0.25) is 0 Å². The van der Waals surface area contributed by atoms with Crippen LogP contribution in [0.25, 0.3) is 11.1 Å². The molecule has 9 nitrogen and oxygen atoms in total. The summed E-state index contributed by atoms with van der Waals surface area (Å²) in [6, 6.07) is 17.7. The quantitative estimate of drug-likeness (QED) is 0.461. The minimum atomic E-state index is -1.08. The lowest BCUT2D eigenvalue weighted by Crippen LogP contribution is -2.41. The molecule has 0 bridgehead atoms. The lowest BCUT2D eigenvalue weighted by Gasteiger charge is -2.19. The Bertz CT molecular complexity index is 1270. The molecule has 180 valence electrons. The Morgan fingerprint density at radius 1 is 1.09 bits per heavy atom. The van der Waals surface area contributed by atoms with Crippen molar-refractivity contribution >= 4 is 18.0 Å². The van der Waals surface area contributed by atoms with Crippen LogP contribution in [-0.4, -0.2) is 45.0 Å². The van der Waals surface area contributed by atoms with Gasteiger partial charge < -0.3 is 20.5 Å². The van der Waals surface area contributed by atoms with Crippen molar-refractivity contribution in [1.29, 1.82) is 0 Å². The number of aryl methyl sites for hydroxylation is 1. The van der Waals surface area contributed by atoms with Crippen LogP contribution in [-0.2, 0) is 23.1 Å². The summed E-state index contributed by atoms with van der Waals surface area (Å²) in [6.07, 6.45) is 0.970. The third-order valence-corrected chi connectivity index (χ3v) is 6.68. The maximum absolute atomic E-state index is 12.6. The molecular weight excluding hydrogens is 448 g/mol. The number of hydrogen-bond acceptors (Lipinski definition) is 5. The van der Waals surface area contributed by atoms with Crippen molar-refractivity contribution in [2.75, 3.05) is 6.61 Å². The van der Waals surface area contributed by atoms with Gasteiger partial charge in [0.05, 0.1) is 17.8 Å². The van der Waals surface area contributed by atoms with Gasteiger partial charge in [-0.2, -0.15) is 5.10 Å². The number of amides is 2. The zero-order valence-electron chi connectivity index (χ0n) is 19.3. The summed E-state index contributed by atoms with van der Waals surface area (Å²) >= 11 is 0. The molecule has 0 unspecified atom stereocenters. The maximum Gasteiger partial charge on any atom is 0.407 e. The largest absolute Gasteiger partial charge is 0.477 e. The number of alkyl carbamates (subject to hydrolysis) is 1. The molecule has 1 saturated carbocycles. The molecule has 35 heavy (non-hydrogen) atoms. The fourth-order valence-electron chi connectivity index (χ4n) is 4.72. The van der Waals surface area contributed by atoms with Crippen molar-refractivity contribution in [1.82, 2.24) is 20.4 Å². The summed E-state index contributed by atoms with van der Waals surface area (Å²) in [5.74, 6) is -1.36. The molecule has 9 heteroatoms. The van der Waals surface area contributed by atoms with E-state index in [9.17, 15) is 14.4 Å². The third kappa shape index (κ3) is 4.62. The van der Waals surface area contributed by atoms with Gasteiger partial charge in [-0.3, -0.25) is 9.48 Å². The van der Waals surface area contributed by atoms with Gasteiger partial charge in [0.1, 0.15) is 12.3 Å². The van der Waals surface area contributed by atoms with Crippen LogP contribution in [0.15, 0.2) is 54.6 Å². The monoisotopic (exact) mass is 474 g/mol. The molecule has 2 aliphatic carbocycles. The molecule has 1 aromatic heterocycles. The van der Waals surface area contributed by atoms with E-state index in [4.69, 9.17) is 9.84 Å². The number of fused-ring (bicyclic) bond motifs is 3. The molecule has 2 aliphatic rings. The van der Waals surface area contributed by atoms with Crippen molar-refractivity contribution in [3.8, 4) is 11.1 Å². The Hall–Kier alpha value is -4.14. The van der Waals surface area contributed by atoms with E-state index in [0.29, 0.717) is 18.5 Å². The predicted molar refractivity (Wildman–Crippen MR) is 127 cm³/mol. The minimum Gasteiger partial charge on any atom is -0.477 e. The van der Waals surface area contributed by atoms with Gasteiger partial charge in [-0.25, -0.2) is 9.59 Å². The number of hydrogen-bond donors (Lipinski definition) is 3. The average Bonchev–Trinajstić information content (AvgIpc) is 3.34. The summed E-state index contributed by atoms with van der Waals surface area (Å²) in [6.45, 7) is 0.328. The Balaban J connectivity index is 1.14. The highest BCUT2D eigenvalue weighted by Gasteiger charge is 2.46. The summed E-state index contributed by atoms with van der Waals surface area (Å²) in [5, 5.41) is 18.8. The van der Waals surface area contributed by atoms with Crippen LogP contribution in [0.1, 0.15) is 52.5 Å². The number of benzene rings is 2. The molecule has 2 amide bonds. The number of carbonyl (C=O) groups is 3. The van der Waals surface area contributed by atoms with Crippen LogP contribution >= 0.6 is 0 Å². The van der Waals surface area contributed by atoms with Gasteiger partial charge >= 0.3 is 12.1 Å². The first-order valence-electron chi connectivity index (χ1n) is 11.5. The third-order valence-electron chi connectivity index (χ3n) is 6.68. The first kappa shape index (κ1) is 22.6. The van der Waals surface area contributed by atoms with Crippen LogP contribution < -0.4 is 10.6 Å². The first-order chi connectivity index (χ1) is 16.8. The van der Waals surface area contributed by atoms with Gasteiger partial charge in [-0.05, 0) is 41.2 Å². The van der Waals surface area contributed by atoms with Gasteiger partial charge in [-0.15, -0.1) is 0 Å². The number of carbonyl (C=O) groups excluding carboxylic acids is 2. The molecule has 1 heterocycles. The van der Waals surface area contributed by atoms with E-state index in [1.54, 1.807) is 0 Å². The fourth-order valence-corrected chi connectivity index (χ4v) is 4.72. The minimum absolute atomic E-state index is 0.0272. The molecule has 1 fully saturated rings. The van der Waals surface area contributed by atoms with E-state index in [2.05, 4.69) is 40.0 Å². The molecule has 0 spiro atoms. The second-order valence-corrected chi connectivity index (χ2v) is 9.13. The fraction of sp³-hybridized carbons (Fsp3) is 0.308. The highest BCUT2D eigenvalue weighted by atomic mass is 16.5. The maximum atomic E-state index is 12.6. The lowest BCUT2D eigenvalue weighted by atomic mass is 9.98. The number of nitrogens with one attached hydrogen (secondary N) is 2. The van der Waals surface area contributed by atoms with E-state index in [0.717, 1.165) is 22.3 Å². The van der Waals surface area contributed by atoms with Crippen molar-refractivity contribution < 1.29 is 24.2 Å². The van der Waals surface area contributed by atoms with E-state index in [1.165, 1.54) is 17.8 Å². The first-order valence-corrected chi connectivity index (χ1v) is 11.5. The Morgan fingerprint density at radius 2 is 1.71 bits per heavy atom. The molecule has 3 N–H and O–H groups in total. The number of nitrogens with zero attached hydrogens (tertiary/aromatic N) is 2. The molecule has 0 aliphatic heterocycles. The van der Waals surface area contributed by atoms with Gasteiger partial charge in [0.15, 0.2) is 0 Å². The van der Waals surface area contributed by atoms with E-state index >= 15 is 0 Å². The van der Waals surface area contributed by atoms with Crippen molar-refractivity contribution in [3.63, 3.8) is 0 Å². The summed E-state index contributed by atoms with van der Waals surface area (Å²) in [4.78, 5) is 36.2. The summed E-state index contributed by atoms with van der Waals surface area (Å²) < 4.78 is 6.87. The van der Waals surface area contributed by atoms with Crippen LogP contribution in [0, 0.1) is 0 Å². The van der Waals surface area contributed by atoms with Gasteiger partial charge in [0, 0.05) is 19.4 Å². The smallest absolute Gasteiger partial charge is 0.407 e. The number of aromatic nitrogens is 2. The van der Waals surface area contributed by atoms with Crippen LogP contribution in [0.3, 0.4) is 0 Å². The normalized spacial score (nSPS) is 15.1. The topological polar surface area (TPSA) is 123 Å². The number of aromatic carboxylic acids is 1. The second kappa shape index (κ2) is 8.90. The lowest BCUT2D eigenvalue weighted by molar-refractivity contribution is -0.121. The molecule has 0 saturated heterocycles. The van der Waals surface area contributed by atoms with Crippen molar-refractivity contribution in [2.24, 2.45) is 7.05 Å². The Kier molecular flexibility index (Phi) is 5.76. The van der Waals surface area contributed by atoms with Crippen molar-refractivity contribution in [3.05, 3.63) is 77.1 Å². The van der Waals surface area contributed by atoms with Gasteiger partial charge in [0.25, 0.3) is 0 Å². The van der Waals surface area contributed by atoms with E-state index in [1.807, 2.05) is 24.3 Å². The summed E-state index contributed by atoms with van der Waals surface area (Å²) in [7, 11) is 1.53. The Morgan fingerprint density at radius 3 is 2.29 bits per heavy atom. The highest BCUT2D eigenvalue weighted by Crippen LogP contribution is 2.44. The van der Waals surface area contributed by atoms with E-state index in [-0.39, 0.29) is 37.1 Å². The van der Waals surface area contributed by atoms with Gasteiger partial charge in [0.2, 0.25) is 5.91 Å². The van der Waals surface area contributed by atoms with Crippen LogP contribution in [0.5, 0.6) is 0 Å². The molecule has 2 aromatic carbocycles. The predicted octanol–water partition coefficient (Wildman–Crippen LogP) is 3.20. The second-order valence-electron chi connectivity index (χ2n) is 9.13. The SMILES string of the molecule is Cn1nc(CNC(=O)CC2(NC(=O)OCC3c4ccccc4-c4ccccc43)CC2)cc1C(=O)O. The molecule has 0 radical (unpaired) electrons. The summed E-state index contributed by atoms with van der Waals surface area (Å²) in [5.41, 5.74) is 4.50. The van der Waals surface area contributed by atoms with Gasteiger partial charge in [-0.1, -0.05) is 48.5 Å². The number of carboxylic acids is 1. The van der Waals surface area contributed by atoms with Crippen molar-refractivity contribution in [2.45, 2.75) is 37.3 Å². The van der Waals surface area contributed by atoms with E-state index < -0.39 is 17.6 Å². The highest BCUT2D eigenvalue weighted by molar-refractivity contribution is 5.86. The van der Waals surface area contributed by atoms with Crippen LogP contribution in [0.4, 0.5) is 4.79 Å². The molecular formula is C26H26N4O5. The zero-order valence-corrected chi connectivity index (χ0v) is 19.3. The molecule has 5 rings (SSSR count). The average molecular weight is 475 g/mol.